The average molecular weight is 321 g/mol. The summed E-state index contributed by atoms with van der Waals surface area (Å²) < 4.78 is 0. The molecule has 7 nitrogen and oxygen atoms in total. The summed E-state index contributed by atoms with van der Waals surface area (Å²) >= 11 is 1.84. The van der Waals surface area contributed by atoms with Gasteiger partial charge < -0.3 is 9.80 Å². The lowest BCUT2D eigenvalue weighted by Crippen LogP contribution is -2.48. The molecule has 3 rings (SSSR count). The van der Waals surface area contributed by atoms with Gasteiger partial charge in [-0.05, 0) is 12.5 Å². The Labute approximate surface area is 133 Å². The third-order valence-corrected chi connectivity index (χ3v) is 5.04. The number of piperazine rings is 1. The van der Waals surface area contributed by atoms with E-state index in [0.29, 0.717) is 5.25 Å². The van der Waals surface area contributed by atoms with Gasteiger partial charge in [-0.1, -0.05) is 18.7 Å². The highest BCUT2D eigenvalue weighted by molar-refractivity contribution is 8.14. The molecular weight excluding hydrogens is 302 g/mol. The summed E-state index contributed by atoms with van der Waals surface area (Å²) in [6.45, 7) is 8.53. The summed E-state index contributed by atoms with van der Waals surface area (Å²) in [6.07, 6.45) is 1.34. The van der Waals surface area contributed by atoms with Gasteiger partial charge in [-0.3, -0.25) is 15.1 Å². The molecule has 0 radical (unpaired) electrons. The molecule has 0 aliphatic carbocycles. The summed E-state index contributed by atoms with van der Waals surface area (Å²) in [4.78, 5) is 23.8. The highest BCUT2D eigenvalue weighted by Crippen LogP contribution is 2.26. The topological polar surface area (TPSA) is 74.9 Å². The van der Waals surface area contributed by atoms with Crippen molar-refractivity contribution < 1.29 is 4.92 Å². The number of pyridine rings is 1. The fourth-order valence-electron chi connectivity index (χ4n) is 2.73. The van der Waals surface area contributed by atoms with E-state index in [9.17, 15) is 10.1 Å². The van der Waals surface area contributed by atoms with Crippen LogP contribution >= 0.6 is 11.8 Å². The number of aliphatic imine (C=N–C) groups is 1. The van der Waals surface area contributed by atoms with Crippen LogP contribution in [0.5, 0.6) is 0 Å². The zero-order chi connectivity index (χ0) is 15.7. The van der Waals surface area contributed by atoms with Crippen LogP contribution in [0, 0.1) is 17.0 Å². The molecule has 1 atom stereocenters. The minimum atomic E-state index is -0.404. The van der Waals surface area contributed by atoms with Crippen molar-refractivity contribution in [3.8, 4) is 0 Å². The maximum Gasteiger partial charge on any atom is 0.287 e. The molecule has 2 aliphatic rings. The predicted octanol–water partition coefficient (Wildman–Crippen LogP) is 1.91. The number of nitro groups is 1. The van der Waals surface area contributed by atoms with E-state index in [0.717, 1.165) is 49.3 Å². The third-order valence-electron chi connectivity index (χ3n) is 3.89. The first kappa shape index (κ1) is 15.1. The Morgan fingerprint density at radius 3 is 2.55 bits per heavy atom. The third kappa shape index (κ3) is 3.01. The summed E-state index contributed by atoms with van der Waals surface area (Å²) in [7, 11) is 0. The zero-order valence-electron chi connectivity index (χ0n) is 12.7. The average Bonchev–Trinajstić information content (AvgIpc) is 2.94. The molecule has 1 aromatic heterocycles. The number of nitrogens with zero attached hydrogens (tertiary/aromatic N) is 5. The van der Waals surface area contributed by atoms with E-state index in [1.807, 2.05) is 18.7 Å². The van der Waals surface area contributed by atoms with Gasteiger partial charge in [-0.25, -0.2) is 4.98 Å². The van der Waals surface area contributed by atoms with E-state index >= 15 is 0 Å². The molecule has 1 saturated heterocycles. The molecule has 118 valence electrons. The molecule has 22 heavy (non-hydrogen) atoms. The summed E-state index contributed by atoms with van der Waals surface area (Å²) in [5.41, 5.74) is 0.898. The molecule has 0 aromatic carbocycles. The number of thioether (sulfide) groups is 1. The summed E-state index contributed by atoms with van der Waals surface area (Å²) in [6, 6.07) is 1.59. The Bertz CT molecular complexity index is 613. The molecule has 1 fully saturated rings. The first-order valence-corrected chi connectivity index (χ1v) is 8.24. The first-order valence-electron chi connectivity index (χ1n) is 7.36. The van der Waals surface area contributed by atoms with Crippen molar-refractivity contribution in [3.63, 3.8) is 0 Å². The van der Waals surface area contributed by atoms with E-state index < -0.39 is 4.92 Å². The molecular formula is C14H19N5O2S. The van der Waals surface area contributed by atoms with Gasteiger partial charge >= 0.3 is 0 Å². The molecule has 0 spiro atoms. The molecule has 2 aliphatic heterocycles. The van der Waals surface area contributed by atoms with Crippen LogP contribution in [-0.2, 0) is 0 Å². The van der Waals surface area contributed by atoms with E-state index in [1.165, 1.54) is 6.20 Å². The first-order chi connectivity index (χ1) is 10.5. The molecule has 1 aromatic rings. The van der Waals surface area contributed by atoms with E-state index in [2.05, 4.69) is 26.7 Å². The number of hydrogen-bond acceptors (Lipinski definition) is 7. The van der Waals surface area contributed by atoms with Crippen LogP contribution in [-0.4, -0.2) is 57.9 Å². The Balaban J connectivity index is 1.65. The van der Waals surface area contributed by atoms with Crippen molar-refractivity contribution in [1.82, 2.24) is 9.88 Å². The number of aromatic nitrogens is 1. The minimum Gasteiger partial charge on any atom is -0.353 e. The number of rotatable bonds is 2. The Hall–Kier alpha value is -1.83. The zero-order valence-corrected chi connectivity index (χ0v) is 13.5. The number of aryl methyl sites for hydroxylation is 1. The standard InChI is InChI=1S/C14H19N5O2S/c1-10-7-12(19(20)21)9-15-13(10)17-3-5-18(6-4-17)14-16-8-11(2)22-14/h7,9,11H,3-6,8H2,1-2H3/t11-/m0/s1. The van der Waals surface area contributed by atoms with E-state index in [4.69, 9.17) is 0 Å². The van der Waals surface area contributed by atoms with Crippen LogP contribution in [0.15, 0.2) is 17.3 Å². The van der Waals surface area contributed by atoms with Crippen LogP contribution in [0.3, 0.4) is 0 Å². The SMILES string of the molecule is Cc1cc([N+](=O)[O-])cnc1N1CCN(C2=NC[C@H](C)S2)CC1. The van der Waals surface area contributed by atoms with Crippen molar-refractivity contribution in [2.75, 3.05) is 37.6 Å². The van der Waals surface area contributed by atoms with Crippen molar-refractivity contribution >= 4 is 28.4 Å². The maximum absolute atomic E-state index is 10.8. The van der Waals surface area contributed by atoms with E-state index in [-0.39, 0.29) is 5.69 Å². The molecule has 0 saturated carbocycles. The lowest BCUT2D eigenvalue weighted by Gasteiger charge is -2.36. The molecule has 8 heteroatoms. The fraction of sp³-hybridized carbons (Fsp3) is 0.571. The van der Waals surface area contributed by atoms with Gasteiger partial charge in [0.25, 0.3) is 5.69 Å². The monoisotopic (exact) mass is 321 g/mol. The second-order valence-electron chi connectivity index (χ2n) is 5.62. The number of anilines is 1. The van der Waals surface area contributed by atoms with Crippen LogP contribution in [0.25, 0.3) is 0 Å². The van der Waals surface area contributed by atoms with Crippen LogP contribution in [0.4, 0.5) is 11.5 Å². The van der Waals surface area contributed by atoms with Gasteiger partial charge in [0.15, 0.2) is 5.17 Å². The largest absolute Gasteiger partial charge is 0.353 e. The van der Waals surface area contributed by atoms with Gasteiger partial charge in [-0.15, -0.1) is 0 Å². The lowest BCUT2D eigenvalue weighted by molar-refractivity contribution is -0.385. The van der Waals surface area contributed by atoms with Crippen LogP contribution in [0.1, 0.15) is 12.5 Å². The minimum absolute atomic E-state index is 0.0468. The molecule has 0 unspecified atom stereocenters. The molecule has 3 heterocycles. The second kappa shape index (κ2) is 6.12. The highest BCUT2D eigenvalue weighted by Gasteiger charge is 2.26. The van der Waals surface area contributed by atoms with Crippen molar-refractivity contribution in [2.45, 2.75) is 19.1 Å². The van der Waals surface area contributed by atoms with Gasteiger partial charge in [0, 0.05) is 37.5 Å². The molecule has 0 bridgehead atoms. The summed E-state index contributed by atoms with van der Waals surface area (Å²) in [5, 5.41) is 12.5. The lowest BCUT2D eigenvalue weighted by atomic mass is 10.2. The van der Waals surface area contributed by atoms with Crippen LogP contribution < -0.4 is 4.90 Å². The molecule has 0 amide bonds. The Kier molecular flexibility index (Phi) is 4.19. The highest BCUT2D eigenvalue weighted by atomic mass is 32.2. The number of amidine groups is 1. The summed E-state index contributed by atoms with van der Waals surface area (Å²) in [5.74, 6) is 0.847. The fourth-order valence-corrected chi connectivity index (χ4v) is 3.72. The predicted molar refractivity (Wildman–Crippen MR) is 88.8 cm³/mol. The van der Waals surface area contributed by atoms with Gasteiger partial charge in [0.05, 0.1) is 11.5 Å². The maximum atomic E-state index is 10.8. The Morgan fingerprint density at radius 2 is 2.00 bits per heavy atom. The van der Waals surface area contributed by atoms with Crippen LogP contribution in [0.2, 0.25) is 0 Å². The van der Waals surface area contributed by atoms with Gasteiger partial charge in [0.2, 0.25) is 0 Å². The van der Waals surface area contributed by atoms with Crippen molar-refractivity contribution in [1.29, 1.82) is 0 Å². The molecule has 0 N–H and O–H groups in total. The quantitative estimate of drug-likeness (QED) is 0.612. The Morgan fingerprint density at radius 1 is 1.32 bits per heavy atom. The number of hydrogen-bond donors (Lipinski definition) is 0. The van der Waals surface area contributed by atoms with Crippen molar-refractivity contribution in [2.24, 2.45) is 4.99 Å². The van der Waals surface area contributed by atoms with Gasteiger partial charge in [-0.2, -0.15) is 0 Å². The van der Waals surface area contributed by atoms with E-state index in [1.54, 1.807) is 6.07 Å². The van der Waals surface area contributed by atoms with Crippen molar-refractivity contribution in [3.05, 3.63) is 27.9 Å². The van der Waals surface area contributed by atoms with Gasteiger partial charge in [0.1, 0.15) is 12.0 Å². The normalized spacial score (nSPS) is 21.9. The smallest absolute Gasteiger partial charge is 0.287 e. The second-order valence-corrected chi connectivity index (χ2v) is 7.02.